The summed E-state index contributed by atoms with van der Waals surface area (Å²) in [5.41, 5.74) is 6.61. The van der Waals surface area contributed by atoms with Gasteiger partial charge in [0.1, 0.15) is 28.5 Å². The van der Waals surface area contributed by atoms with Crippen molar-refractivity contribution in [2.75, 3.05) is 56.6 Å². The first-order valence-corrected chi connectivity index (χ1v) is 16.8. The molecule has 6 heterocycles. The summed E-state index contributed by atoms with van der Waals surface area (Å²) in [4.78, 5) is 19.1. The van der Waals surface area contributed by atoms with Gasteiger partial charge in [0.25, 0.3) is 0 Å². The Balaban J connectivity index is 1.21. The van der Waals surface area contributed by atoms with Crippen molar-refractivity contribution >= 4 is 33.2 Å². The summed E-state index contributed by atoms with van der Waals surface area (Å²) in [7, 11) is 0. The Bertz CT molecular complexity index is 2010. The Morgan fingerprint density at radius 1 is 1.12 bits per heavy atom. The zero-order valence-electron chi connectivity index (χ0n) is 26.8. The SMILES string of the molecule is C#Cc1cccc2c(F)c(N)cc(-c3nc4c5c(nc(OCC6(CN7CCOCC7)CC6)nc5c3F)N3C[C@H]5CC[C@H](N5)[C@H]3[C@H](C)O4)c12. The molecule has 48 heavy (non-hydrogen) atoms. The van der Waals surface area contributed by atoms with Crippen molar-refractivity contribution in [3.63, 3.8) is 0 Å². The monoisotopic (exact) mass is 653 g/mol. The number of nitrogens with two attached hydrogens (primary N) is 1. The average molecular weight is 654 g/mol. The molecule has 5 aliphatic rings. The summed E-state index contributed by atoms with van der Waals surface area (Å²) in [6.45, 7) is 7.30. The molecule has 4 aliphatic heterocycles. The molecule has 4 atom stereocenters. The predicted molar refractivity (Wildman–Crippen MR) is 178 cm³/mol. The minimum atomic E-state index is -0.705. The maximum absolute atomic E-state index is 17.2. The van der Waals surface area contributed by atoms with Crippen LogP contribution in [0.25, 0.3) is 32.9 Å². The fraction of sp³-hybridized carbons (Fsp3) is 0.472. The van der Waals surface area contributed by atoms with E-state index in [1.807, 2.05) is 6.92 Å². The highest BCUT2D eigenvalue weighted by molar-refractivity contribution is 6.05. The van der Waals surface area contributed by atoms with Crippen molar-refractivity contribution in [2.24, 2.45) is 5.41 Å². The number of halogens is 2. The van der Waals surface area contributed by atoms with Crippen LogP contribution in [0.3, 0.4) is 0 Å². The minimum absolute atomic E-state index is 0.00137. The molecule has 2 aromatic carbocycles. The molecule has 2 aromatic heterocycles. The number of anilines is 2. The zero-order valence-corrected chi connectivity index (χ0v) is 26.8. The van der Waals surface area contributed by atoms with Gasteiger partial charge in [0.15, 0.2) is 11.6 Å². The summed E-state index contributed by atoms with van der Waals surface area (Å²) in [5.74, 6) is 2.05. The molecule has 248 valence electrons. The summed E-state index contributed by atoms with van der Waals surface area (Å²) < 4.78 is 51.0. The molecule has 4 aromatic rings. The number of hydrogen-bond donors (Lipinski definition) is 2. The molecule has 2 bridgehead atoms. The van der Waals surface area contributed by atoms with Gasteiger partial charge in [-0.3, -0.25) is 4.90 Å². The highest BCUT2D eigenvalue weighted by Gasteiger charge is 2.48. The summed E-state index contributed by atoms with van der Waals surface area (Å²) in [5, 5.41) is 4.65. The smallest absolute Gasteiger partial charge is 0.319 e. The Hall–Kier alpha value is -4.31. The van der Waals surface area contributed by atoms with Gasteiger partial charge >= 0.3 is 6.01 Å². The van der Waals surface area contributed by atoms with E-state index in [1.54, 1.807) is 18.2 Å². The number of terminal acetylenes is 1. The molecule has 0 radical (unpaired) electrons. The average Bonchev–Trinajstić information content (AvgIpc) is 3.79. The lowest BCUT2D eigenvalue weighted by Gasteiger charge is -2.42. The molecule has 3 saturated heterocycles. The van der Waals surface area contributed by atoms with Crippen molar-refractivity contribution < 1.29 is 23.0 Å². The van der Waals surface area contributed by atoms with E-state index >= 15 is 8.78 Å². The maximum atomic E-state index is 17.2. The molecule has 0 amide bonds. The summed E-state index contributed by atoms with van der Waals surface area (Å²) in [6.07, 6.45) is 9.67. The summed E-state index contributed by atoms with van der Waals surface area (Å²) in [6, 6.07) is 6.80. The van der Waals surface area contributed by atoms with Crippen molar-refractivity contribution in [2.45, 2.75) is 56.8 Å². The van der Waals surface area contributed by atoms with E-state index in [0.29, 0.717) is 35.3 Å². The first-order chi connectivity index (χ1) is 23.3. The van der Waals surface area contributed by atoms with Gasteiger partial charge < -0.3 is 30.2 Å². The van der Waals surface area contributed by atoms with Crippen LogP contribution >= 0.6 is 0 Å². The van der Waals surface area contributed by atoms with Crippen LogP contribution in [0.1, 0.15) is 38.2 Å². The molecule has 1 saturated carbocycles. The molecule has 0 unspecified atom stereocenters. The number of nitrogen functional groups attached to an aromatic ring is 1. The number of pyridine rings is 1. The first-order valence-electron chi connectivity index (χ1n) is 16.8. The van der Waals surface area contributed by atoms with Crippen LogP contribution in [-0.2, 0) is 4.74 Å². The summed E-state index contributed by atoms with van der Waals surface area (Å²) >= 11 is 0. The molecule has 0 spiro atoms. The van der Waals surface area contributed by atoms with Crippen LogP contribution in [0.15, 0.2) is 24.3 Å². The third kappa shape index (κ3) is 4.74. The van der Waals surface area contributed by atoms with E-state index in [1.165, 1.54) is 6.07 Å². The lowest BCUT2D eigenvalue weighted by molar-refractivity contribution is 0.0231. The largest absolute Gasteiger partial charge is 0.472 e. The van der Waals surface area contributed by atoms with Crippen LogP contribution in [0.5, 0.6) is 11.9 Å². The normalized spacial score (nSPS) is 25.8. The van der Waals surface area contributed by atoms with E-state index < -0.39 is 11.6 Å². The fourth-order valence-corrected chi connectivity index (χ4v) is 8.29. The Labute approximate surface area is 276 Å². The predicted octanol–water partition coefficient (Wildman–Crippen LogP) is 4.27. The lowest BCUT2D eigenvalue weighted by Crippen LogP contribution is -2.62. The fourth-order valence-electron chi connectivity index (χ4n) is 8.29. The number of morpholine rings is 1. The number of ether oxygens (including phenoxy) is 3. The molecule has 4 fully saturated rings. The Kier molecular flexibility index (Phi) is 6.90. The third-order valence-corrected chi connectivity index (χ3v) is 10.9. The number of hydrogen-bond acceptors (Lipinski definition) is 10. The number of rotatable bonds is 6. The van der Waals surface area contributed by atoms with Gasteiger partial charge in [0, 0.05) is 65.6 Å². The van der Waals surface area contributed by atoms with E-state index in [0.717, 1.165) is 58.5 Å². The topological polar surface area (TPSA) is 111 Å². The molecule has 9 rings (SSSR count). The van der Waals surface area contributed by atoms with Gasteiger partial charge in [0.05, 0.1) is 31.5 Å². The maximum Gasteiger partial charge on any atom is 0.319 e. The first kappa shape index (κ1) is 29.8. The van der Waals surface area contributed by atoms with Gasteiger partial charge in [-0.05, 0) is 44.7 Å². The Morgan fingerprint density at radius 2 is 1.96 bits per heavy atom. The zero-order chi connectivity index (χ0) is 32.7. The van der Waals surface area contributed by atoms with Gasteiger partial charge in [-0.25, -0.2) is 13.8 Å². The quantitative estimate of drug-likeness (QED) is 0.231. The van der Waals surface area contributed by atoms with E-state index in [4.69, 9.17) is 41.3 Å². The second kappa shape index (κ2) is 11.1. The number of benzene rings is 2. The van der Waals surface area contributed by atoms with Gasteiger partial charge in [0.2, 0.25) is 5.88 Å². The third-order valence-electron chi connectivity index (χ3n) is 10.9. The van der Waals surface area contributed by atoms with E-state index in [2.05, 4.69) is 21.0 Å². The number of piperazine rings is 1. The Morgan fingerprint density at radius 3 is 2.75 bits per heavy atom. The molecule has 12 heteroatoms. The van der Waals surface area contributed by atoms with E-state index in [-0.39, 0.29) is 69.4 Å². The van der Waals surface area contributed by atoms with Gasteiger partial charge in [-0.2, -0.15) is 9.97 Å². The van der Waals surface area contributed by atoms with Crippen molar-refractivity contribution in [3.05, 3.63) is 41.5 Å². The van der Waals surface area contributed by atoms with Gasteiger partial charge in [-0.1, -0.05) is 18.1 Å². The number of fused-ring (bicyclic) bond motifs is 6. The number of aromatic nitrogens is 3. The van der Waals surface area contributed by atoms with Crippen LogP contribution in [0, 0.1) is 29.4 Å². The second-order valence-corrected chi connectivity index (χ2v) is 14.0. The van der Waals surface area contributed by atoms with Crippen molar-refractivity contribution in [3.8, 4) is 35.5 Å². The molecular formula is C36H37F2N7O3. The van der Waals surface area contributed by atoms with Crippen LogP contribution in [0.4, 0.5) is 20.3 Å². The highest BCUT2D eigenvalue weighted by Crippen LogP contribution is 2.48. The number of nitrogens with one attached hydrogen (secondary N) is 1. The molecule has 3 N–H and O–H groups in total. The minimum Gasteiger partial charge on any atom is -0.472 e. The van der Waals surface area contributed by atoms with Crippen molar-refractivity contribution in [1.29, 1.82) is 0 Å². The number of nitrogens with zero attached hydrogens (tertiary/aromatic N) is 5. The second-order valence-electron chi connectivity index (χ2n) is 14.0. The van der Waals surface area contributed by atoms with Gasteiger partial charge in [-0.15, -0.1) is 6.42 Å². The van der Waals surface area contributed by atoms with E-state index in [9.17, 15) is 0 Å². The molecular weight excluding hydrogens is 616 g/mol. The van der Waals surface area contributed by atoms with Crippen molar-refractivity contribution in [1.82, 2.24) is 25.2 Å². The lowest BCUT2D eigenvalue weighted by atomic mass is 9.95. The molecule has 1 aliphatic carbocycles. The van der Waals surface area contributed by atoms with Crippen LogP contribution in [0.2, 0.25) is 0 Å². The van der Waals surface area contributed by atoms with Crippen LogP contribution in [-0.4, -0.2) is 90.1 Å². The highest BCUT2D eigenvalue weighted by atomic mass is 19.1. The standard InChI is InChI=1S/C36H37F2N7O3/c1-3-20-5-4-6-22-26(20)23(15-24(39)28(22)37)30-29(38)31-27-33(45-16-21-7-8-25(40-21)32(45)19(2)48-34(27)41-30)43-35(42-31)47-18-36(9-10-36)17-44-11-13-46-14-12-44/h1,4-6,15,19,21,25,32,40H,7-14,16-18,39H2,2H3/t19-,21+,25-,32+/m0/s1. The van der Waals surface area contributed by atoms with Crippen LogP contribution < -0.4 is 25.4 Å². The molecule has 10 nitrogen and oxygen atoms in total.